The van der Waals surface area contributed by atoms with Crippen LogP contribution in [0, 0.1) is 11.3 Å². The second-order valence-electron chi connectivity index (χ2n) is 5.95. The van der Waals surface area contributed by atoms with E-state index in [1.807, 2.05) is 24.3 Å². The molecule has 0 aliphatic heterocycles. The summed E-state index contributed by atoms with van der Waals surface area (Å²) in [6.07, 6.45) is 4.57. The Balaban J connectivity index is 1.50. The van der Waals surface area contributed by atoms with Crippen LogP contribution in [0.25, 0.3) is 10.9 Å². The highest BCUT2D eigenvalue weighted by atomic mass is 16.1. The Bertz CT molecular complexity index is 1190. The molecule has 0 aliphatic carbocycles. The summed E-state index contributed by atoms with van der Waals surface area (Å²) < 4.78 is 0. The monoisotopic (exact) mass is 366 g/mol. The van der Waals surface area contributed by atoms with Crippen molar-refractivity contribution in [3.8, 4) is 6.07 Å². The number of rotatable bonds is 4. The van der Waals surface area contributed by atoms with Crippen molar-refractivity contribution in [3.05, 3.63) is 84.3 Å². The topological polar surface area (TPSA) is 104 Å². The predicted molar refractivity (Wildman–Crippen MR) is 106 cm³/mol. The summed E-state index contributed by atoms with van der Waals surface area (Å²) in [6.45, 7) is 0. The zero-order chi connectivity index (χ0) is 19.3. The second kappa shape index (κ2) is 7.51. The van der Waals surface area contributed by atoms with E-state index < -0.39 is 0 Å². The molecule has 0 atom stereocenters. The van der Waals surface area contributed by atoms with Gasteiger partial charge in [0.15, 0.2) is 0 Å². The lowest BCUT2D eigenvalue weighted by molar-refractivity contribution is 0.102. The molecule has 0 bridgehead atoms. The Labute approximate surface area is 160 Å². The van der Waals surface area contributed by atoms with Crippen molar-refractivity contribution in [2.45, 2.75) is 0 Å². The number of aromatic nitrogens is 3. The van der Waals surface area contributed by atoms with Crippen LogP contribution in [0.3, 0.4) is 0 Å². The SMILES string of the molecule is N#Cc1cccc(Nc2ncc(C(=O)Nc3cccc4cccnc34)cn2)c1. The molecule has 0 unspecified atom stereocenters. The first-order valence-corrected chi connectivity index (χ1v) is 8.47. The van der Waals surface area contributed by atoms with E-state index >= 15 is 0 Å². The first kappa shape index (κ1) is 17.1. The molecule has 7 nitrogen and oxygen atoms in total. The van der Waals surface area contributed by atoms with Gasteiger partial charge in [-0.3, -0.25) is 9.78 Å². The van der Waals surface area contributed by atoms with Gasteiger partial charge in [0.2, 0.25) is 5.95 Å². The fourth-order valence-corrected chi connectivity index (χ4v) is 2.71. The van der Waals surface area contributed by atoms with Crippen LogP contribution in [-0.4, -0.2) is 20.9 Å². The van der Waals surface area contributed by atoms with E-state index in [1.165, 1.54) is 12.4 Å². The van der Waals surface area contributed by atoms with E-state index in [4.69, 9.17) is 5.26 Å². The normalized spacial score (nSPS) is 10.2. The number of nitrogens with one attached hydrogen (secondary N) is 2. The molecule has 0 spiro atoms. The van der Waals surface area contributed by atoms with E-state index in [2.05, 4.69) is 31.7 Å². The highest BCUT2D eigenvalue weighted by Gasteiger charge is 2.10. The number of nitriles is 1. The standard InChI is InChI=1S/C21H14N6O/c22-11-14-4-1-7-17(10-14)26-21-24-12-16(13-25-21)20(28)27-18-8-2-5-15-6-3-9-23-19(15)18/h1-10,12-13H,(H,27,28)(H,24,25,26). The molecule has 2 aromatic carbocycles. The van der Waals surface area contributed by atoms with E-state index in [0.29, 0.717) is 28.5 Å². The van der Waals surface area contributed by atoms with Crippen LogP contribution in [0.2, 0.25) is 0 Å². The lowest BCUT2D eigenvalue weighted by atomic mass is 10.2. The van der Waals surface area contributed by atoms with Gasteiger partial charge in [-0.15, -0.1) is 0 Å². The van der Waals surface area contributed by atoms with Gasteiger partial charge in [0.05, 0.1) is 28.4 Å². The van der Waals surface area contributed by atoms with Crippen LogP contribution in [0.5, 0.6) is 0 Å². The molecular weight excluding hydrogens is 352 g/mol. The van der Waals surface area contributed by atoms with Crippen molar-refractivity contribution in [1.82, 2.24) is 15.0 Å². The van der Waals surface area contributed by atoms with Crippen LogP contribution in [0.4, 0.5) is 17.3 Å². The number of para-hydroxylation sites is 1. The number of carbonyl (C=O) groups excluding carboxylic acids is 1. The molecule has 1 amide bonds. The molecule has 0 saturated carbocycles. The molecule has 7 heteroatoms. The average molecular weight is 366 g/mol. The molecule has 28 heavy (non-hydrogen) atoms. The summed E-state index contributed by atoms with van der Waals surface area (Å²) >= 11 is 0. The highest BCUT2D eigenvalue weighted by Crippen LogP contribution is 2.21. The Morgan fingerprint density at radius 1 is 0.964 bits per heavy atom. The van der Waals surface area contributed by atoms with Crippen molar-refractivity contribution in [2.75, 3.05) is 10.6 Å². The Hall–Kier alpha value is -4.31. The zero-order valence-electron chi connectivity index (χ0n) is 14.6. The Kier molecular flexibility index (Phi) is 4.59. The van der Waals surface area contributed by atoms with Gasteiger partial charge >= 0.3 is 0 Å². The van der Waals surface area contributed by atoms with Crippen LogP contribution in [-0.2, 0) is 0 Å². The van der Waals surface area contributed by atoms with Gasteiger partial charge in [-0.1, -0.05) is 24.3 Å². The van der Waals surface area contributed by atoms with Crippen LogP contribution >= 0.6 is 0 Å². The summed E-state index contributed by atoms with van der Waals surface area (Å²) in [6, 6.07) is 18.4. The molecule has 2 N–H and O–H groups in total. The molecule has 4 aromatic rings. The van der Waals surface area contributed by atoms with E-state index in [1.54, 1.807) is 36.5 Å². The van der Waals surface area contributed by atoms with Crippen molar-refractivity contribution in [2.24, 2.45) is 0 Å². The van der Waals surface area contributed by atoms with Crippen LogP contribution in [0.15, 0.2) is 73.2 Å². The lowest BCUT2D eigenvalue weighted by Gasteiger charge is -2.08. The largest absolute Gasteiger partial charge is 0.324 e. The number of nitrogens with zero attached hydrogens (tertiary/aromatic N) is 4. The average Bonchev–Trinajstić information content (AvgIpc) is 2.74. The minimum absolute atomic E-state index is 0.323. The maximum Gasteiger partial charge on any atom is 0.258 e. The van der Waals surface area contributed by atoms with Gasteiger partial charge in [0.1, 0.15) is 0 Å². The summed E-state index contributed by atoms with van der Waals surface area (Å²) in [7, 11) is 0. The molecule has 0 saturated heterocycles. The predicted octanol–water partition coefficient (Wildman–Crippen LogP) is 3.89. The maximum atomic E-state index is 12.5. The van der Waals surface area contributed by atoms with Gasteiger partial charge < -0.3 is 10.6 Å². The van der Waals surface area contributed by atoms with Crippen molar-refractivity contribution >= 4 is 34.1 Å². The summed E-state index contributed by atoms with van der Waals surface area (Å²) in [4.78, 5) is 25.2. The number of anilines is 3. The third kappa shape index (κ3) is 3.61. The maximum absolute atomic E-state index is 12.5. The van der Waals surface area contributed by atoms with Gasteiger partial charge in [-0.25, -0.2) is 9.97 Å². The van der Waals surface area contributed by atoms with E-state index in [-0.39, 0.29) is 5.91 Å². The number of fused-ring (bicyclic) bond motifs is 1. The van der Waals surface area contributed by atoms with Crippen molar-refractivity contribution in [3.63, 3.8) is 0 Å². The van der Waals surface area contributed by atoms with Gasteiger partial charge in [-0.2, -0.15) is 5.26 Å². The minimum atomic E-state index is -0.323. The number of hydrogen-bond acceptors (Lipinski definition) is 6. The zero-order valence-corrected chi connectivity index (χ0v) is 14.6. The molecule has 4 rings (SSSR count). The van der Waals surface area contributed by atoms with Gasteiger partial charge in [0.25, 0.3) is 5.91 Å². The quantitative estimate of drug-likeness (QED) is 0.568. The molecule has 2 heterocycles. The highest BCUT2D eigenvalue weighted by molar-refractivity contribution is 6.08. The fraction of sp³-hybridized carbons (Fsp3) is 0. The molecule has 2 aromatic heterocycles. The smallest absolute Gasteiger partial charge is 0.258 e. The molecule has 0 radical (unpaired) electrons. The third-order valence-corrected chi connectivity index (χ3v) is 4.04. The van der Waals surface area contributed by atoms with Crippen molar-refractivity contribution < 1.29 is 4.79 Å². The van der Waals surface area contributed by atoms with E-state index in [9.17, 15) is 4.79 Å². The number of carbonyl (C=O) groups is 1. The lowest BCUT2D eigenvalue weighted by Crippen LogP contribution is -2.13. The first-order valence-electron chi connectivity index (χ1n) is 8.47. The summed E-state index contributed by atoms with van der Waals surface area (Å²) in [5.74, 6) is 0.00893. The van der Waals surface area contributed by atoms with Crippen LogP contribution < -0.4 is 10.6 Å². The molecule has 134 valence electrons. The third-order valence-electron chi connectivity index (χ3n) is 4.04. The van der Waals surface area contributed by atoms with E-state index in [0.717, 1.165) is 10.9 Å². The summed E-state index contributed by atoms with van der Waals surface area (Å²) in [5, 5.41) is 15.7. The fourth-order valence-electron chi connectivity index (χ4n) is 2.71. The number of hydrogen-bond donors (Lipinski definition) is 2. The second-order valence-corrected chi connectivity index (χ2v) is 5.95. The Morgan fingerprint density at radius 3 is 2.57 bits per heavy atom. The van der Waals surface area contributed by atoms with Crippen molar-refractivity contribution in [1.29, 1.82) is 5.26 Å². The number of benzene rings is 2. The number of amides is 1. The molecule has 0 fully saturated rings. The van der Waals surface area contributed by atoms with Gasteiger partial charge in [0, 0.05) is 29.7 Å². The van der Waals surface area contributed by atoms with Crippen LogP contribution in [0.1, 0.15) is 15.9 Å². The number of pyridine rings is 1. The first-order chi connectivity index (χ1) is 13.7. The minimum Gasteiger partial charge on any atom is -0.324 e. The van der Waals surface area contributed by atoms with Gasteiger partial charge in [-0.05, 0) is 30.3 Å². The molecular formula is C21H14N6O. The Morgan fingerprint density at radius 2 is 1.75 bits per heavy atom. The molecule has 0 aliphatic rings. The summed E-state index contributed by atoms with van der Waals surface area (Å²) in [5.41, 5.74) is 2.89.